The summed E-state index contributed by atoms with van der Waals surface area (Å²) in [5.74, 6) is 1.31. The van der Waals surface area contributed by atoms with Gasteiger partial charge in [-0.3, -0.25) is 9.48 Å². The fraction of sp³-hybridized carbons (Fsp3) is 0.778. The van der Waals surface area contributed by atoms with Crippen LogP contribution in [0, 0.1) is 25.7 Å². The summed E-state index contributed by atoms with van der Waals surface area (Å²) < 4.78 is 2.05. The van der Waals surface area contributed by atoms with Crippen LogP contribution in [0.4, 0.5) is 0 Å². The summed E-state index contributed by atoms with van der Waals surface area (Å²) in [5.41, 5.74) is 3.24. The maximum absolute atomic E-state index is 12.7. The number of hydrogen-bond acceptors (Lipinski definition) is 3. The monoisotopic (exact) mass is 320 g/mol. The van der Waals surface area contributed by atoms with E-state index in [1.807, 2.05) is 11.8 Å². The minimum absolute atomic E-state index is 0.233. The molecule has 1 amide bonds. The number of aryl methyl sites for hydroxylation is 1. The van der Waals surface area contributed by atoms with Gasteiger partial charge in [-0.05, 0) is 39.8 Å². The van der Waals surface area contributed by atoms with Gasteiger partial charge in [0.15, 0.2) is 0 Å². The average Bonchev–Trinajstić information content (AvgIpc) is 2.94. The molecule has 1 aromatic heterocycles. The lowest BCUT2D eigenvalue weighted by atomic mass is 10.1. The van der Waals surface area contributed by atoms with Crippen LogP contribution in [0.5, 0.6) is 0 Å². The van der Waals surface area contributed by atoms with Gasteiger partial charge in [0.1, 0.15) is 0 Å². The predicted molar refractivity (Wildman–Crippen MR) is 93.5 cm³/mol. The normalized spacial score (nSPS) is 21.7. The molecule has 0 radical (unpaired) electrons. The second-order valence-electron chi connectivity index (χ2n) is 7.71. The first kappa shape index (κ1) is 18.0. The summed E-state index contributed by atoms with van der Waals surface area (Å²) in [7, 11) is 4.19. The number of likely N-dealkylation sites (N-methyl/N-ethyl adjacent to an activating group) is 1. The van der Waals surface area contributed by atoms with Crippen molar-refractivity contribution in [1.29, 1.82) is 0 Å². The lowest BCUT2D eigenvalue weighted by molar-refractivity contribution is -0.129. The Hall–Kier alpha value is -1.36. The van der Waals surface area contributed by atoms with Crippen molar-refractivity contribution < 1.29 is 4.79 Å². The SMILES string of the molecule is Cc1nn(CC(C)C)c(C)c1CC(=O)N1C[C@H](C)[C@@H](N(C)C)C1. The van der Waals surface area contributed by atoms with Crippen molar-refractivity contribution in [2.24, 2.45) is 11.8 Å². The maximum atomic E-state index is 12.7. The highest BCUT2D eigenvalue weighted by Gasteiger charge is 2.33. The third-order valence-electron chi connectivity index (χ3n) is 4.99. The van der Waals surface area contributed by atoms with E-state index in [0.717, 1.165) is 36.6 Å². The maximum Gasteiger partial charge on any atom is 0.227 e. The Balaban J connectivity index is 2.08. The number of nitrogens with zero attached hydrogens (tertiary/aromatic N) is 4. The highest BCUT2D eigenvalue weighted by atomic mass is 16.2. The quantitative estimate of drug-likeness (QED) is 0.834. The van der Waals surface area contributed by atoms with Crippen LogP contribution in [-0.2, 0) is 17.8 Å². The van der Waals surface area contributed by atoms with Crippen molar-refractivity contribution in [2.75, 3.05) is 27.2 Å². The molecule has 0 spiro atoms. The van der Waals surface area contributed by atoms with Crippen molar-refractivity contribution in [3.8, 4) is 0 Å². The second-order valence-corrected chi connectivity index (χ2v) is 7.71. The smallest absolute Gasteiger partial charge is 0.227 e. The zero-order chi connectivity index (χ0) is 17.3. The Morgan fingerprint density at radius 1 is 1.30 bits per heavy atom. The van der Waals surface area contributed by atoms with Gasteiger partial charge >= 0.3 is 0 Å². The van der Waals surface area contributed by atoms with E-state index >= 15 is 0 Å². The van der Waals surface area contributed by atoms with Gasteiger partial charge < -0.3 is 9.80 Å². The van der Waals surface area contributed by atoms with Crippen LogP contribution in [0.25, 0.3) is 0 Å². The average molecular weight is 320 g/mol. The molecule has 130 valence electrons. The fourth-order valence-electron chi connectivity index (χ4n) is 3.60. The molecule has 0 N–H and O–H groups in total. The highest BCUT2D eigenvalue weighted by molar-refractivity contribution is 5.79. The number of amides is 1. The molecule has 1 aromatic rings. The molecular weight excluding hydrogens is 288 g/mol. The molecule has 23 heavy (non-hydrogen) atoms. The van der Waals surface area contributed by atoms with Crippen molar-refractivity contribution >= 4 is 5.91 Å². The van der Waals surface area contributed by atoms with Gasteiger partial charge in [0, 0.05) is 36.9 Å². The molecule has 0 bridgehead atoms. The van der Waals surface area contributed by atoms with Crippen LogP contribution in [0.2, 0.25) is 0 Å². The largest absolute Gasteiger partial charge is 0.341 e. The van der Waals surface area contributed by atoms with E-state index in [2.05, 4.69) is 56.5 Å². The second kappa shape index (κ2) is 7.04. The Labute approximate surface area is 140 Å². The van der Waals surface area contributed by atoms with E-state index in [-0.39, 0.29) is 5.91 Å². The van der Waals surface area contributed by atoms with Crippen molar-refractivity contribution in [3.63, 3.8) is 0 Å². The van der Waals surface area contributed by atoms with Crippen molar-refractivity contribution in [2.45, 2.75) is 53.6 Å². The van der Waals surface area contributed by atoms with Crippen LogP contribution in [0.3, 0.4) is 0 Å². The zero-order valence-corrected chi connectivity index (χ0v) is 15.8. The molecule has 2 rings (SSSR count). The van der Waals surface area contributed by atoms with Crippen LogP contribution >= 0.6 is 0 Å². The third-order valence-corrected chi connectivity index (χ3v) is 4.99. The number of carbonyl (C=O) groups excluding carboxylic acids is 1. The molecular formula is C18H32N4O. The van der Waals surface area contributed by atoms with E-state index in [0.29, 0.717) is 24.3 Å². The molecule has 0 aromatic carbocycles. The molecule has 0 unspecified atom stereocenters. The number of rotatable bonds is 5. The van der Waals surface area contributed by atoms with Crippen LogP contribution in [-0.4, -0.2) is 58.7 Å². The lowest BCUT2D eigenvalue weighted by Crippen LogP contribution is -2.36. The third kappa shape index (κ3) is 3.94. The first-order valence-electron chi connectivity index (χ1n) is 8.67. The highest BCUT2D eigenvalue weighted by Crippen LogP contribution is 2.22. The number of likely N-dealkylation sites (tertiary alicyclic amines) is 1. The minimum Gasteiger partial charge on any atom is -0.341 e. The minimum atomic E-state index is 0.233. The van der Waals surface area contributed by atoms with Gasteiger partial charge in [0.05, 0.1) is 12.1 Å². The summed E-state index contributed by atoms with van der Waals surface area (Å²) >= 11 is 0. The Morgan fingerprint density at radius 3 is 2.48 bits per heavy atom. The van der Waals surface area contributed by atoms with Crippen molar-refractivity contribution in [1.82, 2.24) is 19.6 Å². The molecule has 2 atom stereocenters. The van der Waals surface area contributed by atoms with Crippen LogP contribution in [0.1, 0.15) is 37.7 Å². The van der Waals surface area contributed by atoms with Gasteiger partial charge in [-0.15, -0.1) is 0 Å². The number of hydrogen-bond donors (Lipinski definition) is 0. The van der Waals surface area contributed by atoms with E-state index in [9.17, 15) is 4.79 Å². The lowest BCUT2D eigenvalue weighted by Gasteiger charge is -2.22. The van der Waals surface area contributed by atoms with E-state index in [1.165, 1.54) is 0 Å². The molecule has 5 nitrogen and oxygen atoms in total. The Kier molecular flexibility index (Phi) is 5.50. The summed E-state index contributed by atoms with van der Waals surface area (Å²) in [6.45, 7) is 13.3. The van der Waals surface area contributed by atoms with E-state index in [1.54, 1.807) is 0 Å². The van der Waals surface area contributed by atoms with Gasteiger partial charge in [0.2, 0.25) is 5.91 Å². The first-order chi connectivity index (χ1) is 10.7. The first-order valence-corrected chi connectivity index (χ1v) is 8.67. The summed E-state index contributed by atoms with van der Waals surface area (Å²) in [6, 6.07) is 0.463. The molecule has 0 saturated carbocycles. The summed E-state index contributed by atoms with van der Waals surface area (Å²) in [5, 5.41) is 4.63. The molecule has 1 aliphatic heterocycles. The van der Waals surface area contributed by atoms with E-state index < -0.39 is 0 Å². The fourth-order valence-corrected chi connectivity index (χ4v) is 3.60. The van der Waals surface area contributed by atoms with Crippen LogP contribution in [0.15, 0.2) is 0 Å². The van der Waals surface area contributed by atoms with Gasteiger partial charge in [-0.25, -0.2) is 0 Å². The van der Waals surface area contributed by atoms with E-state index in [4.69, 9.17) is 0 Å². The molecule has 1 saturated heterocycles. The standard InChI is InChI=1S/C18H32N4O/c1-12(2)9-22-15(5)16(14(4)19-22)8-18(23)21-10-13(3)17(11-21)20(6)7/h12-13,17H,8-11H2,1-7H3/t13-,17-/m0/s1. The Bertz CT molecular complexity index is 562. The number of aromatic nitrogens is 2. The number of carbonyl (C=O) groups is 1. The molecule has 5 heteroatoms. The molecule has 0 aliphatic carbocycles. The summed E-state index contributed by atoms with van der Waals surface area (Å²) in [4.78, 5) is 17.0. The topological polar surface area (TPSA) is 41.4 Å². The Morgan fingerprint density at radius 2 is 1.96 bits per heavy atom. The predicted octanol–water partition coefficient (Wildman–Crippen LogP) is 2.11. The molecule has 1 fully saturated rings. The van der Waals surface area contributed by atoms with Gasteiger partial charge in [-0.1, -0.05) is 20.8 Å². The molecule has 1 aliphatic rings. The van der Waals surface area contributed by atoms with Gasteiger partial charge in [-0.2, -0.15) is 5.10 Å². The molecule has 2 heterocycles. The van der Waals surface area contributed by atoms with Crippen LogP contribution < -0.4 is 0 Å². The van der Waals surface area contributed by atoms with Gasteiger partial charge in [0.25, 0.3) is 0 Å². The zero-order valence-electron chi connectivity index (χ0n) is 15.8. The van der Waals surface area contributed by atoms with Crippen molar-refractivity contribution in [3.05, 3.63) is 17.0 Å². The summed E-state index contributed by atoms with van der Waals surface area (Å²) in [6.07, 6.45) is 0.475.